The molecule has 0 amide bonds. The molecule has 0 aliphatic rings. The zero-order chi connectivity index (χ0) is 17.7. The van der Waals surface area contributed by atoms with Gasteiger partial charge in [0, 0.05) is 11.1 Å². The van der Waals surface area contributed by atoms with Crippen molar-refractivity contribution in [2.45, 2.75) is 0 Å². The lowest BCUT2D eigenvalue weighted by molar-refractivity contribution is 0.0682. The van der Waals surface area contributed by atoms with Gasteiger partial charge >= 0.3 is 11.9 Å². The van der Waals surface area contributed by atoms with Crippen molar-refractivity contribution in [3.8, 4) is 11.5 Å². The molecule has 0 radical (unpaired) electrons. The van der Waals surface area contributed by atoms with Gasteiger partial charge in [0.2, 0.25) is 0 Å². The fraction of sp³-hybridized carbons (Fsp3) is 0. The Hall–Kier alpha value is -3.68. The molecule has 24 heavy (non-hydrogen) atoms. The number of phenols is 2. The minimum absolute atomic E-state index is 0.149. The highest BCUT2D eigenvalue weighted by molar-refractivity contribution is 5.97. The fourth-order valence-electron chi connectivity index (χ4n) is 1.87. The van der Waals surface area contributed by atoms with E-state index in [1.807, 2.05) is 0 Å². The number of hydrogen-bond donors (Lipinski definition) is 4. The normalized spacial score (nSPS) is 11.2. The minimum Gasteiger partial charge on any atom is -0.506 e. The Bertz CT molecular complexity index is 786. The first-order valence-electron chi connectivity index (χ1n) is 6.58. The van der Waals surface area contributed by atoms with E-state index < -0.39 is 23.4 Å². The van der Waals surface area contributed by atoms with Gasteiger partial charge in [-0.2, -0.15) is 10.2 Å². The van der Waals surface area contributed by atoms with Gasteiger partial charge < -0.3 is 20.4 Å². The Morgan fingerprint density at radius 3 is 1.46 bits per heavy atom. The van der Waals surface area contributed by atoms with Gasteiger partial charge in [0.25, 0.3) is 0 Å². The molecule has 0 saturated heterocycles. The molecular formula is C16H12N2O6. The lowest BCUT2D eigenvalue weighted by Gasteiger charge is -2.02. The van der Waals surface area contributed by atoms with E-state index in [1.165, 1.54) is 36.4 Å². The van der Waals surface area contributed by atoms with Gasteiger partial charge in [-0.3, -0.25) is 0 Å². The van der Waals surface area contributed by atoms with Crippen molar-refractivity contribution in [2.75, 3.05) is 0 Å². The molecule has 8 nitrogen and oxygen atoms in total. The van der Waals surface area contributed by atoms with Crippen LogP contribution in [0.25, 0.3) is 0 Å². The van der Waals surface area contributed by atoms with Crippen LogP contribution < -0.4 is 0 Å². The number of nitrogens with zero attached hydrogens (tertiary/aromatic N) is 2. The summed E-state index contributed by atoms with van der Waals surface area (Å²) < 4.78 is 0. The van der Waals surface area contributed by atoms with Gasteiger partial charge in [0.05, 0.1) is 12.4 Å². The van der Waals surface area contributed by atoms with Crippen molar-refractivity contribution >= 4 is 24.4 Å². The zero-order valence-electron chi connectivity index (χ0n) is 12.1. The van der Waals surface area contributed by atoms with Crippen LogP contribution in [0.3, 0.4) is 0 Å². The third-order valence-corrected chi connectivity index (χ3v) is 3.06. The Labute approximate surface area is 135 Å². The van der Waals surface area contributed by atoms with Crippen LogP contribution in [0.2, 0.25) is 0 Å². The van der Waals surface area contributed by atoms with E-state index in [9.17, 15) is 19.8 Å². The molecule has 0 aliphatic heterocycles. The summed E-state index contributed by atoms with van der Waals surface area (Å²) >= 11 is 0. The third-order valence-electron chi connectivity index (χ3n) is 3.06. The van der Waals surface area contributed by atoms with E-state index >= 15 is 0 Å². The number of aromatic carboxylic acids is 2. The van der Waals surface area contributed by atoms with E-state index in [2.05, 4.69) is 10.2 Å². The SMILES string of the molecule is O=C(O)c1cccc(/C=N\N=C/c2cccc(C(=O)O)c2O)c1O. The van der Waals surface area contributed by atoms with E-state index in [0.717, 1.165) is 12.4 Å². The molecule has 4 N–H and O–H groups in total. The van der Waals surface area contributed by atoms with Gasteiger partial charge in [-0.1, -0.05) is 12.1 Å². The molecule has 0 spiro atoms. The van der Waals surface area contributed by atoms with Crippen LogP contribution in [0.15, 0.2) is 46.6 Å². The Morgan fingerprint density at radius 2 is 1.12 bits per heavy atom. The summed E-state index contributed by atoms with van der Waals surface area (Å²) in [6.07, 6.45) is 2.27. The number of carbonyl (C=O) groups is 2. The van der Waals surface area contributed by atoms with Crippen molar-refractivity contribution in [3.05, 3.63) is 58.7 Å². The lowest BCUT2D eigenvalue weighted by atomic mass is 10.1. The summed E-state index contributed by atoms with van der Waals surface area (Å²) in [6, 6.07) is 8.26. The van der Waals surface area contributed by atoms with Crippen LogP contribution in [0.4, 0.5) is 0 Å². The fourth-order valence-corrected chi connectivity index (χ4v) is 1.87. The van der Waals surface area contributed by atoms with Crippen molar-refractivity contribution in [1.82, 2.24) is 0 Å². The predicted octanol–water partition coefficient (Wildman–Crippen LogP) is 1.95. The average molecular weight is 328 g/mol. The van der Waals surface area contributed by atoms with Gasteiger partial charge in [0.15, 0.2) is 0 Å². The van der Waals surface area contributed by atoms with Crippen LogP contribution in [0.1, 0.15) is 31.8 Å². The van der Waals surface area contributed by atoms with Crippen LogP contribution in [-0.4, -0.2) is 44.8 Å². The summed E-state index contributed by atoms with van der Waals surface area (Å²) in [5.41, 5.74) is -0.240. The number of carboxylic acid groups (broad SMARTS) is 2. The van der Waals surface area contributed by atoms with E-state index in [4.69, 9.17) is 10.2 Å². The maximum atomic E-state index is 10.9. The Morgan fingerprint density at radius 1 is 0.750 bits per heavy atom. The smallest absolute Gasteiger partial charge is 0.339 e. The number of carboxylic acids is 2. The first-order chi connectivity index (χ1) is 11.4. The van der Waals surface area contributed by atoms with Crippen LogP contribution in [0, 0.1) is 0 Å². The standard InChI is InChI=1S/C16H12N2O6/c19-13-9(3-1-5-11(13)15(21)22)7-17-18-8-10-4-2-6-12(14(10)20)16(23)24/h1-8,19-20H,(H,21,22)(H,23,24)/b17-7-,18-8-. The third kappa shape index (κ3) is 3.55. The first-order valence-corrected chi connectivity index (χ1v) is 6.58. The molecule has 0 aliphatic carbocycles. The second-order valence-electron chi connectivity index (χ2n) is 4.59. The number of benzene rings is 2. The summed E-state index contributed by atoms with van der Waals surface area (Å²) in [5.74, 6) is -3.44. The molecule has 2 aromatic carbocycles. The van der Waals surface area contributed by atoms with Crippen LogP contribution >= 0.6 is 0 Å². The zero-order valence-corrected chi connectivity index (χ0v) is 12.1. The summed E-state index contributed by atoms with van der Waals surface area (Å²) in [7, 11) is 0. The second kappa shape index (κ2) is 7.05. The van der Waals surface area contributed by atoms with E-state index in [1.54, 1.807) is 0 Å². The van der Waals surface area contributed by atoms with Crippen molar-refractivity contribution in [1.29, 1.82) is 0 Å². The molecule has 2 rings (SSSR count). The van der Waals surface area contributed by atoms with Crippen molar-refractivity contribution in [3.63, 3.8) is 0 Å². The minimum atomic E-state index is -1.28. The molecule has 0 saturated carbocycles. The van der Waals surface area contributed by atoms with Crippen LogP contribution in [0.5, 0.6) is 11.5 Å². The molecular weight excluding hydrogens is 316 g/mol. The maximum Gasteiger partial charge on any atom is 0.339 e. The maximum absolute atomic E-state index is 10.9. The molecule has 0 heterocycles. The van der Waals surface area contributed by atoms with E-state index in [0.29, 0.717) is 0 Å². The largest absolute Gasteiger partial charge is 0.506 e. The molecule has 0 bridgehead atoms. The van der Waals surface area contributed by atoms with Gasteiger partial charge in [-0.05, 0) is 24.3 Å². The molecule has 0 fully saturated rings. The van der Waals surface area contributed by atoms with E-state index in [-0.39, 0.29) is 22.3 Å². The molecule has 2 aromatic rings. The number of para-hydroxylation sites is 2. The summed E-state index contributed by atoms with van der Waals surface area (Å²) in [4.78, 5) is 21.8. The molecule has 0 unspecified atom stereocenters. The first kappa shape index (κ1) is 16.7. The molecule has 122 valence electrons. The summed E-state index contributed by atoms with van der Waals surface area (Å²) in [5, 5.41) is 44.7. The van der Waals surface area contributed by atoms with Crippen molar-refractivity contribution < 1.29 is 30.0 Å². The van der Waals surface area contributed by atoms with Crippen molar-refractivity contribution in [2.24, 2.45) is 10.2 Å². The lowest BCUT2D eigenvalue weighted by Crippen LogP contribution is -1.98. The van der Waals surface area contributed by atoms with Crippen LogP contribution in [-0.2, 0) is 0 Å². The highest BCUT2D eigenvalue weighted by atomic mass is 16.4. The topological polar surface area (TPSA) is 140 Å². The highest BCUT2D eigenvalue weighted by Crippen LogP contribution is 2.22. The number of hydrogen-bond acceptors (Lipinski definition) is 6. The predicted molar refractivity (Wildman–Crippen MR) is 85.3 cm³/mol. The Balaban J connectivity index is 2.23. The second-order valence-corrected chi connectivity index (χ2v) is 4.59. The number of aromatic hydroxyl groups is 2. The Kier molecular flexibility index (Phi) is 4.90. The van der Waals surface area contributed by atoms with Gasteiger partial charge in [0.1, 0.15) is 22.6 Å². The quantitative estimate of drug-likeness (QED) is 0.488. The monoisotopic (exact) mass is 328 g/mol. The average Bonchev–Trinajstić information content (AvgIpc) is 2.53. The highest BCUT2D eigenvalue weighted by Gasteiger charge is 2.12. The van der Waals surface area contributed by atoms with Gasteiger partial charge in [-0.15, -0.1) is 0 Å². The molecule has 8 heteroatoms. The molecule has 0 aromatic heterocycles. The van der Waals surface area contributed by atoms with Gasteiger partial charge in [-0.25, -0.2) is 9.59 Å². The molecule has 0 atom stereocenters. The summed E-state index contributed by atoms with van der Waals surface area (Å²) in [6.45, 7) is 0. The number of rotatable bonds is 5.